The Hall–Kier alpha value is -5.41. The van der Waals surface area contributed by atoms with Gasteiger partial charge in [0.2, 0.25) is 0 Å². The van der Waals surface area contributed by atoms with E-state index in [-0.39, 0.29) is 5.41 Å². The number of furan rings is 1. The van der Waals surface area contributed by atoms with E-state index < -0.39 is 0 Å². The van der Waals surface area contributed by atoms with Gasteiger partial charge >= 0.3 is 0 Å². The van der Waals surface area contributed by atoms with Crippen molar-refractivity contribution in [3.8, 4) is 28.1 Å². The molecule has 0 aliphatic heterocycles. The minimum absolute atomic E-state index is 0.260. The summed E-state index contributed by atoms with van der Waals surface area (Å²) in [4.78, 5) is 5.74. The van der Waals surface area contributed by atoms with Gasteiger partial charge in [0.25, 0.3) is 0 Å². The van der Waals surface area contributed by atoms with Crippen LogP contribution in [-0.2, 0) is 18.3 Å². The second kappa shape index (κ2) is 9.56. The molecule has 0 saturated heterocycles. The zero-order valence-electron chi connectivity index (χ0n) is 26.9. The lowest BCUT2D eigenvalue weighted by atomic mass is 9.84. The molecule has 2 aliphatic rings. The van der Waals surface area contributed by atoms with Gasteiger partial charge in [0.1, 0.15) is 11.2 Å². The molecule has 0 spiro atoms. The lowest BCUT2D eigenvalue weighted by Crippen LogP contribution is -2.19. The number of nitrogens with zero attached hydrogens (tertiary/aromatic N) is 2. The molecule has 0 saturated carbocycles. The molecule has 0 N–H and O–H groups in total. The maximum absolute atomic E-state index is 6.41. The molecule has 3 heteroatoms. The van der Waals surface area contributed by atoms with Gasteiger partial charge in [0.15, 0.2) is 0 Å². The minimum Gasteiger partial charge on any atom is -0.456 e. The monoisotopic (exact) mass is 606 g/mol. The van der Waals surface area contributed by atoms with E-state index in [4.69, 9.17) is 9.40 Å². The standard InChI is InChI=1S/C44H34N2O/c1-4-28-41(32-19-13-23-38-39(32)31-18-9-12-22-37(31)47-38)45-43-40(30-17-7-10-20-34(30)44(43,2)3)42(28)46-35-21-11-8-16-29(35)33-24-26-14-5-6-15-27(26)25-36(33)46/h5-10,12-20,22-25H,4,11,21H2,1-3H3. The zero-order chi connectivity index (χ0) is 31.4. The van der Waals surface area contributed by atoms with Crippen LogP contribution in [0.25, 0.3) is 77.8 Å². The average Bonchev–Trinajstić information content (AvgIpc) is 3.72. The van der Waals surface area contributed by atoms with E-state index in [9.17, 15) is 0 Å². The summed E-state index contributed by atoms with van der Waals surface area (Å²) in [7, 11) is 0. The first-order valence-electron chi connectivity index (χ1n) is 16.9. The fourth-order valence-electron chi connectivity index (χ4n) is 8.63. The van der Waals surface area contributed by atoms with Gasteiger partial charge in [-0.1, -0.05) is 112 Å². The van der Waals surface area contributed by atoms with E-state index in [1.54, 1.807) is 0 Å². The maximum Gasteiger partial charge on any atom is 0.136 e. The fraction of sp³-hybridized carbons (Fsp3) is 0.159. The Balaban J connectivity index is 1.42. The predicted molar refractivity (Wildman–Crippen MR) is 196 cm³/mol. The van der Waals surface area contributed by atoms with Crippen molar-refractivity contribution in [2.75, 3.05) is 0 Å². The van der Waals surface area contributed by atoms with Gasteiger partial charge in [-0.2, -0.15) is 0 Å². The summed E-state index contributed by atoms with van der Waals surface area (Å²) >= 11 is 0. The van der Waals surface area contributed by atoms with Gasteiger partial charge in [0.05, 0.1) is 22.6 Å². The third-order valence-electron chi connectivity index (χ3n) is 10.8. The Bertz CT molecular complexity index is 2640. The molecule has 47 heavy (non-hydrogen) atoms. The Kier molecular flexibility index (Phi) is 5.44. The quantitative estimate of drug-likeness (QED) is 0.200. The number of benzene rings is 5. The van der Waals surface area contributed by atoms with Crippen LogP contribution in [0, 0.1) is 0 Å². The predicted octanol–water partition coefficient (Wildman–Crippen LogP) is 11.6. The first-order chi connectivity index (χ1) is 23.0. The molecule has 0 atom stereocenters. The molecule has 226 valence electrons. The topological polar surface area (TPSA) is 31.0 Å². The average molecular weight is 607 g/mol. The van der Waals surface area contributed by atoms with Crippen molar-refractivity contribution in [1.82, 2.24) is 9.55 Å². The number of fused-ring (bicyclic) bond motifs is 10. The summed E-state index contributed by atoms with van der Waals surface area (Å²) in [5.41, 5.74) is 15.4. The highest BCUT2D eigenvalue weighted by Gasteiger charge is 2.41. The van der Waals surface area contributed by atoms with Crippen molar-refractivity contribution in [3.63, 3.8) is 0 Å². The second-order valence-corrected chi connectivity index (χ2v) is 13.7. The Morgan fingerprint density at radius 1 is 0.787 bits per heavy atom. The van der Waals surface area contributed by atoms with E-state index in [0.717, 1.165) is 58.2 Å². The molecule has 3 nitrogen and oxygen atoms in total. The molecule has 2 aliphatic carbocycles. The highest BCUT2D eigenvalue weighted by atomic mass is 16.3. The zero-order valence-corrected chi connectivity index (χ0v) is 26.9. The molecule has 0 amide bonds. The molecule has 8 aromatic rings. The molecule has 3 heterocycles. The van der Waals surface area contributed by atoms with Crippen molar-refractivity contribution >= 4 is 49.7 Å². The van der Waals surface area contributed by atoms with Crippen LogP contribution >= 0.6 is 0 Å². The Morgan fingerprint density at radius 3 is 2.40 bits per heavy atom. The largest absolute Gasteiger partial charge is 0.456 e. The van der Waals surface area contributed by atoms with Gasteiger partial charge in [-0.3, -0.25) is 4.98 Å². The molecule has 3 aromatic heterocycles. The van der Waals surface area contributed by atoms with Crippen LogP contribution < -0.4 is 0 Å². The van der Waals surface area contributed by atoms with Crippen LogP contribution in [0.3, 0.4) is 0 Å². The van der Waals surface area contributed by atoms with E-state index in [0.29, 0.717) is 0 Å². The molecule has 5 aromatic carbocycles. The number of hydrogen-bond acceptors (Lipinski definition) is 2. The van der Waals surface area contributed by atoms with Gasteiger partial charge in [-0.15, -0.1) is 0 Å². The third-order valence-corrected chi connectivity index (χ3v) is 10.8. The van der Waals surface area contributed by atoms with Crippen LogP contribution in [-0.4, -0.2) is 9.55 Å². The highest BCUT2D eigenvalue weighted by Crippen LogP contribution is 2.54. The number of pyridine rings is 1. The summed E-state index contributed by atoms with van der Waals surface area (Å²) in [5.74, 6) is 0. The smallest absolute Gasteiger partial charge is 0.136 e. The number of rotatable bonds is 3. The molecule has 0 unspecified atom stereocenters. The van der Waals surface area contributed by atoms with Crippen molar-refractivity contribution in [3.05, 3.63) is 137 Å². The number of aromatic nitrogens is 2. The van der Waals surface area contributed by atoms with Crippen molar-refractivity contribution in [2.45, 2.75) is 45.4 Å². The number of allylic oxidation sites excluding steroid dienone is 1. The molecule has 0 bridgehead atoms. The van der Waals surface area contributed by atoms with Crippen LogP contribution in [0.2, 0.25) is 0 Å². The Morgan fingerprint density at radius 2 is 1.53 bits per heavy atom. The Labute approximate surface area is 273 Å². The van der Waals surface area contributed by atoms with Crippen LogP contribution in [0.1, 0.15) is 55.3 Å². The normalized spacial score (nSPS) is 14.7. The summed E-state index contributed by atoms with van der Waals surface area (Å²) in [6.45, 7) is 6.98. The molecule has 10 rings (SSSR count). The lowest BCUT2D eigenvalue weighted by molar-refractivity contribution is 0.636. The number of para-hydroxylation sites is 1. The van der Waals surface area contributed by atoms with Gasteiger partial charge < -0.3 is 8.98 Å². The van der Waals surface area contributed by atoms with Crippen LogP contribution in [0.5, 0.6) is 0 Å². The summed E-state index contributed by atoms with van der Waals surface area (Å²) < 4.78 is 9.04. The second-order valence-electron chi connectivity index (χ2n) is 13.7. The van der Waals surface area contributed by atoms with Gasteiger partial charge in [0, 0.05) is 49.5 Å². The van der Waals surface area contributed by atoms with Crippen molar-refractivity contribution in [2.24, 2.45) is 0 Å². The van der Waals surface area contributed by atoms with E-state index in [1.165, 1.54) is 60.9 Å². The molecule has 0 radical (unpaired) electrons. The molecular formula is C44H34N2O. The SMILES string of the molecule is CCc1c(-c2cccc3oc4ccccc4c23)nc2c(c1-n1c3c(c4cc5ccccc5cc41)C=CCC3)-c1ccccc1C2(C)C. The summed E-state index contributed by atoms with van der Waals surface area (Å²) in [6.07, 6.45) is 7.58. The molecule has 0 fully saturated rings. The fourth-order valence-corrected chi connectivity index (χ4v) is 8.63. The number of hydrogen-bond donors (Lipinski definition) is 0. The first-order valence-corrected chi connectivity index (χ1v) is 16.9. The first kappa shape index (κ1) is 26.8. The summed E-state index contributed by atoms with van der Waals surface area (Å²) in [6, 6.07) is 37.4. The van der Waals surface area contributed by atoms with E-state index in [1.807, 2.05) is 6.07 Å². The highest BCUT2D eigenvalue weighted by molar-refractivity contribution is 6.13. The maximum atomic E-state index is 6.41. The van der Waals surface area contributed by atoms with Crippen molar-refractivity contribution in [1.29, 1.82) is 0 Å². The van der Waals surface area contributed by atoms with Crippen LogP contribution in [0.4, 0.5) is 0 Å². The van der Waals surface area contributed by atoms with E-state index >= 15 is 0 Å². The van der Waals surface area contributed by atoms with Gasteiger partial charge in [-0.05, 0) is 65.4 Å². The van der Waals surface area contributed by atoms with Crippen molar-refractivity contribution < 1.29 is 4.42 Å². The van der Waals surface area contributed by atoms with Gasteiger partial charge in [-0.25, -0.2) is 0 Å². The minimum atomic E-state index is -0.260. The van der Waals surface area contributed by atoms with E-state index in [2.05, 4.69) is 135 Å². The molecular weight excluding hydrogens is 572 g/mol. The third kappa shape index (κ3) is 3.54. The summed E-state index contributed by atoms with van der Waals surface area (Å²) in [5, 5.41) is 6.13. The van der Waals surface area contributed by atoms with Crippen LogP contribution in [0.15, 0.2) is 114 Å². The lowest BCUT2D eigenvalue weighted by Gasteiger charge is -2.26.